The number of carbonyl (C=O) groups is 1. The maximum Gasteiger partial charge on any atom is 0.276 e. The van der Waals surface area contributed by atoms with Crippen molar-refractivity contribution >= 4 is 5.91 Å². The molecule has 1 aliphatic heterocycles. The van der Waals surface area contributed by atoms with Crippen molar-refractivity contribution in [3.63, 3.8) is 0 Å². The van der Waals surface area contributed by atoms with E-state index in [1.54, 1.807) is 13.2 Å². The summed E-state index contributed by atoms with van der Waals surface area (Å²) in [6.45, 7) is 8.47. The van der Waals surface area contributed by atoms with Crippen LogP contribution in [0.15, 0.2) is 10.6 Å². The van der Waals surface area contributed by atoms with Gasteiger partial charge in [0.05, 0.1) is 0 Å². The number of rotatable bonds is 5. The second kappa shape index (κ2) is 5.33. The third kappa shape index (κ3) is 2.97. The molecule has 0 unspecified atom stereocenters. The van der Waals surface area contributed by atoms with Gasteiger partial charge in [0.25, 0.3) is 5.91 Å². The molecule has 0 atom stereocenters. The summed E-state index contributed by atoms with van der Waals surface area (Å²) in [5.74, 6) is 0.967. The van der Waals surface area contributed by atoms with Crippen molar-refractivity contribution in [2.45, 2.75) is 33.1 Å². The number of hydrogen-bond donors (Lipinski definition) is 0. The van der Waals surface area contributed by atoms with Gasteiger partial charge in [-0.25, -0.2) is 0 Å². The van der Waals surface area contributed by atoms with Crippen LogP contribution in [0, 0.1) is 5.41 Å². The van der Waals surface area contributed by atoms with Gasteiger partial charge in [0.2, 0.25) is 0 Å². The van der Waals surface area contributed by atoms with Gasteiger partial charge >= 0.3 is 0 Å². The van der Waals surface area contributed by atoms with E-state index in [-0.39, 0.29) is 17.2 Å². The summed E-state index contributed by atoms with van der Waals surface area (Å²) in [5, 5.41) is 3.86. The van der Waals surface area contributed by atoms with Gasteiger partial charge in [0.1, 0.15) is 5.76 Å². The highest BCUT2D eigenvalue weighted by atomic mass is 16.5. The fourth-order valence-corrected chi connectivity index (χ4v) is 2.35. The van der Waals surface area contributed by atoms with Crippen LogP contribution in [0.25, 0.3) is 0 Å². The zero-order valence-electron chi connectivity index (χ0n) is 12.1. The van der Waals surface area contributed by atoms with Gasteiger partial charge in [0, 0.05) is 44.2 Å². The SMILES string of the molecule is COCCC1(C)CN(C(=O)c2cc(C(C)C)on2)C1. The first kappa shape index (κ1) is 14.1. The summed E-state index contributed by atoms with van der Waals surface area (Å²) >= 11 is 0. The Bertz CT molecular complexity index is 447. The number of aromatic nitrogens is 1. The van der Waals surface area contributed by atoms with Crippen LogP contribution in [0.2, 0.25) is 0 Å². The molecular weight excluding hydrogens is 244 g/mol. The van der Waals surface area contributed by atoms with Crippen molar-refractivity contribution in [2.75, 3.05) is 26.8 Å². The Labute approximate surface area is 113 Å². The van der Waals surface area contributed by atoms with Crippen LogP contribution >= 0.6 is 0 Å². The lowest BCUT2D eigenvalue weighted by Gasteiger charge is -2.47. The molecule has 1 amide bonds. The minimum Gasteiger partial charge on any atom is -0.385 e. The fourth-order valence-electron chi connectivity index (χ4n) is 2.35. The summed E-state index contributed by atoms with van der Waals surface area (Å²) in [6, 6.07) is 1.75. The maximum atomic E-state index is 12.2. The molecule has 0 aromatic carbocycles. The smallest absolute Gasteiger partial charge is 0.276 e. The molecule has 0 N–H and O–H groups in total. The number of likely N-dealkylation sites (tertiary alicyclic amines) is 1. The molecule has 1 aromatic rings. The lowest BCUT2D eigenvalue weighted by molar-refractivity contribution is -0.00157. The lowest BCUT2D eigenvalue weighted by atomic mass is 9.79. The Morgan fingerprint density at radius 2 is 2.26 bits per heavy atom. The monoisotopic (exact) mass is 266 g/mol. The van der Waals surface area contributed by atoms with E-state index in [9.17, 15) is 4.79 Å². The second-order valence-corrected chi connectivity index (χ2v) is 5.98. The van der Waals surface area contributed by atoms with Crippen molar-refractivity contribution in [1.82, 2.24) is 10.1 Å². The quantitative estimate of drug-likeness (QED) is 0.820. The van der Waals surface area contributed by atoms with E-state index >= 15 is 0 Å². The van der Waals surface area contributed by atoms with Crippen molar-refractivity contribution in [3.8, 4) is 0 Å². The topological polar surface area (TPSA) is 55.6 Å². The summed E-state index contributed by atoms with van der Waals surface area (Å²) in [4.78, 5) is 14.0. The zero-order chi connectivity index (χ0) is 14.0. The normalized spacial score (nSPS) is 17.6. The minimum atomic E-state index is -0.0365. The highest BCUT2D eigenvalue weighted by molar-refractivity contribution is 5.92. The molecule has 0 aliphatic carbocycles. The Balaban J connectivity index is 1.92. The third-order valence-corrected chi connectivity index (χ3v) is 3.66. The fraction of sp³-hybridized carbons (Fsp3) is 0.714. The number of methoxy groups -OCH3 is 1. The maximum absolute atomic E-state index is 12.2. The van der Waals surface area contributed by atoms with E-state index in [4.69, 9.17) is 9.26 Å². The molecule has 1 aromatic heterocycles. The molecule has 1 fully saturated rings. The highest BCUT2D eigenvalue weighted by Gasteiger charge is 2.41. The van der Waals surface area contributed by atoms with E-state index in [1.807, 2.05) is 18.7 Å². The Hall–Kier alpha value is -1.36. The predicted octanol–water partition coefficient (Wildman–Crippen LogP) is 2.30. The average Bonchev–Trinajstić information content (AvgIpc) is 2.81. The van der Waals surface area contributed by atoms with Crippen LogP contribution in [0.5, 0.6) is 0 Å². The van der Waals surface area contributed by atoms with Gasteiger partial charge in [-0.2, -0.15) is 0 Å². The van der Waals surface area contributed by atoms with Crippen LogP contribution < -0.4 is 0 Å². The van der Waals surface area contributed by atoms with Crippen LogP contribution in [0.1, 0.15) is 49.4 Å². The first-order valence-corrected chi connectivity index (χ1v) is 6.70. The van der Waals surface area contributed by atoms with Crippen molar-refractivity contribution in [3.05, 3.63) is 17.5 Å². The minimum absolute atomic E-state index is 0.0365. The lowest BCUT2D eigenvalue weighted by Crippen LogP contribution is -2.57. The largest absolute Gasteiger partial charge is 0.385 e. The number of amides is 1. The van der Waals surface area contributed by atoms with Gasteiger partial charge in [-0.1, -0.05) is 25.9 Å². The first-order chi connectivity index (χ1) is 8.95. The highest BCUT2D eigenvalue weighted by Crippen LogP contribution is 2.34. The van der Waals surface area contributed by atoms with Crippen LogP contribution in [-0.2, 0) is 4.74 Å². The van der Waals surface area contributed by atoms with Crippen molar-refractivity contribution in [1.29, 1.82) is 0 Å². The summed E-state index contributed by atoms with van der Waals surface area (Å²) in [5.41, 5.74) is 0.591. The third-order valence-electron chi connectivity index (χ3n) is 3.66. The average molecular weight is 266 g/mol. The van der Waals surface area contributed by atoms with Gasteiger partial charge in [0.15, 0.2) is 5.69 Å². The second-order valence-electron chi connectivity index (χ2n) is 5.98. The van der Waals surface area contributed by atoms with E-state index < -0.39 is 0 Å². The molecule has 0 spiro atoms. The molecule has 2 heterocycles. The summed E-state index contributed by atoms with van der Waals surface area (Å²) < 4.78 is 10.3. The van der Waals surface area contributed by atoms with Gasteiger partial charge in [-0.05, 0) is 6.42 Å². The number of carbonyl (C=O) groups excluding carboxylic acids is 1. The van der Waals surface area contributed by atoms with Crippen molar-refractivity contribution < 1.29 is 14.1 Å². The molecular formula is C14H22N2O3. The molecule has 5 nitrogen and oxygen atoms in total. The number of nitrogens with zero attached hydrogens (tertiary/aromatic N) is 2. The molecule has 0 radical (unpaired) electrons. The van der Waals surface area contributed by atoms with Gasteiger partial charge < -0.3 is 14.2 Å². The molecule has 5 heteroatoms. The Morgan fingerprint density at radius 1 is 1.58 bits per heavy atom. The van der Waals surface area contributed by atoms with Crippen LogP contribution in [-0.4, -0.2) is 42.8 Å². The number of hydrogen-bond acceptors (Lipinski definition) is 4. The molecule has 1 aliphatic rings. The Kier molecular flexibility index (Phi) is 3.94. The molecule has 19 heavy (non-hydrogen) atoms. The zero-order valence-corrected chi connectivity index (χ0v) is 12.1. The first-order valence-electron chi connectivity index (χ1n) is 6.70. The number of ether oxygens (including phenoxy) is 1. The van der Waals surface area contributed by atoms with E-state index in [1.165, 1.54) is 0 Å². The van der Waals surface area contributed by atoms with Crippen LogP contribution in [0.3, 0.4) is 0 Å². The molecule has 0 saturated carbocycles. The van der Waals surface area contributed by atoms with Crippen molar-refractivity contribution in [2.24, 2.45) is 5.41 Å². The van der Waals surface area contributed by atoms with E-state index in [2.05, 4.69) is 12.1 Å². The summed E-state index contributed by atoms with van der Waals surface area (Å²) in [7, 11) is 1.70. The Morgan fingerprint density at radius 3 is 2.79 bits per heavy atom. The molecule has 106 valence electrons. The van der Waals surface area contributed by atoms with Gasteiger partial charge in [-0.15, -0.1) is 0 Å². The molecule has 1 saturated heterocycles. The summed E-state index contributed by atoms with van der Waals surface area (Å²) in [6.07, 6.45) is 0.976. The standard InChI is InChI=1S/C14H22N2O3/c1-10(2)12-7-11(15-19-12)13(17)16-8-14(3,9-16)5-6-18-4/h7,10H,5-6,8-9H2,1-4H3. The molecule has 2 rings (SSSR count). The van der Waals surface area contributed by atoms with Crippen LogP contribution in [0.4, 0.5) is 0 Å². The van der Waals surface area contributed by atoms with E-state index in [0.717, 1.165) is 31.9 Å². The molecule has 0 bridgehead atoms. The van der Waals surface area contributed by atoms with E-state index in [0.29, 0.717) is 5.69 Å². The van der Waals surface area contributed by atoms with Gasteiger partial charge in [-0.3, -0.25) is 4.79 Å². The predicted molar refractivity (Wildman–Crippen MR) is 71.1 cm³/mol.